The number of halogens is 1. The minimum atomic E-state index is 0.344. The van der Waals surface area contributed by atoms with Gasteiger partial charge in [-0.2, -0.15) is 11.8 Å². The van der Waals surface area contributed by atoms with Crippen LogP contribution in [0.25, 0.3) is 0 Å². The van der Waals surface area contributed by atoms with Crippen molar-refractivity contribution in [1.82, 2.24) is 10.3 Å². The van der Waals surface area contributed by atoms with E-state index in [1.165, 1.54) is 0 Å². The van der Waals surface area contributed by atoms with E-state index in [1.54, 1.807) is 11.3 Å². The third-order valence-corrected chi connectivity index (χ3v) is 4.89. The summed E-state index contributed by atoms with van der Waals surface area (Å²) >= 11 is 7.12. The molecule has 0 aliphatic carbocycles. The Balaban J connectivity index is 2.23. The zero-order valence-electron chi connectivity index (χ0n) is 10.2. The average Bonchev–Trinajstić information content (AvgIpc) is 2.57. The van der Waals surface area contributed by atoms with Gasteiger partial charge in [-0.15, -0.1) is 11.3 Å². The normalized spacial score (nSPS) is 14.1. The number of nitrogens with one attached hydrogen (secondary N) is 1. The van der Waals surface area contributed by atoms with E-state index in [4.69, 9.17) is 0 Å². The first kappa shape index (κ1) is 14.5. The van der Waals surface area contributed by atoms with Gasteiger partial charge in [0.2, 0.25) is 0 Å². The van der Waals surface area contributed by atoms with Crippen LogP contribution in [-0.2, 0) is 0 Å². The van der Waals surface area contributed by atoms with E-state index in [0.717, 1.165) is 21.1 Å². The van der Waals surface area contributed by atoms with Crippen molar-refractivity contribution < 1.29 is 0 Å². The largest absolute Gasteiger partial charge is 0.307 e. The summed E-state index contributed by atoms with van der Waals surface area (Å²) < 4.78 is 1.45. The van der Waals surface area contributed by atoms with E-state index < -0.39 is 0 Å². The van der Waals surface area contributed by atoms with Crippen LogP contribution in [0.1, 0.15) is 38.7 Å². The molecule has 0 aromatic carbocycles. The summed E-state index contributed by atoms with van der Waals surface area (Å²) in [5, 5.41) is 4.64. The minimum absolute atomic E-state index is 0.344. The predicted octanol–water partition coefficient (Wildman–Crippen LogP) is 4.09. The molecule has 0 aliphatic rings. The van der Waals surface area contributed by atoms with E-state index in [2.05, 4.69) is 53.9 Å². The highest BCUT2D eigenvalue weighted by Gasteiger charge is 2.11. The lowest BCUT2D eigenvalue weighted by Gasteiger charge is -2.18. The van der Waals surface area contributed by atoms with Crippen molar-refractivity contribution in [2.75, 3.05) is 12.3 Å². The molecule has 0 saturated heterocycles. The van der Waals surface area contributed by atoms with Gasteiger partial charge in [0, 0.05) is 17.0 Å². The van der Waals surface area contributed by atoms with Gasteiger partial charge in [-0.1, -0.05) is 20.8 Å². The summed E-state index contributed by atoms with van der Waals surface area (Å²) in [4.78, 5) is 4.35. The topological polar surface area (TPSA) is 24.9 Å². The first-order valence-electron chi connectivity index (χ1n) is 5.37. The van der Waals surface area contributed by atoms with Crippen LogP contribution in [0.5, 0.6) is 0 Å². The van der Waals surface area contributed by atoms with E-state index >= 15 is 0 Å². The quantitative estimate of drug-likeness (QED) is 0.826. The van der Waals surface area contributed by atoms with Crippen molar-refractivity contribution in [3.8, 4) is 0 Å². The number of rotatable bonds is 5. The number of nitrogens with zero attached hydrogens (tertiary/aromatic N) is 1. The Hall–Kier alpha value is 0.420. The highest BCUT2D eigenvalue weighted by atomic mass is 79.9. The molecule has 0 aliphatic heterocycles. The summed E-state index contributed by atoms with van der Waals surface area (Å²) in [6.45, 7) is 9.93. The van der Waals surface area contributed by atoms with Gasteiger partial charge >= 0.3 is 0 Å². The molecule has 1 aromatic rings. The Morgan fingerprint density at radius 2 is 2.25 bits per heavy atom. The van der Waals surface area contributed by atoms with Gasteiger partial charge in [0.15, 0.2) is 0 Å². The molecule has 1 heterocycles. The maximum Gasteiger partial charge on any atom is 0.110 e. The standard InChI is InChI=1S/C11H19BrN2S2/c1-8(10-14-7-9(12)16-10)13-5-6-15-11(2,3)4/h7-8,13H,5-6H2,1-4H3. The first-order chi connectivity index (χ1) is 7.38. The molecule has 0 spiro atoms. The van der Waals surface area contributed by atoms with Gasteiger partial charge < -0.3 is 5.32 Å². The second-order valence-electron chi connectivity index (χ2n) is 4.64. The minimum Gasteiger partial charge on any atom is -0.307 e. The Kier molecular flexibility index (Phi) is 5.77. The van der Waals surface area contributed by atoms with Crippen LogP contribution in [0.15, 0.2) is 9.98 Å². The summed E-state index contributed by atoms with van der Waals surface area (Å²) in [5.74, 6) is 1.14. The van der Waals surface area contributed by atoms with Crippen LogP contribution in [0.3, 0.4) is 0 Å². The predicted molar refractivity (Wildman–Crippen MR) is 78.4 cm³/mol. The van der Waals surface area contributed by atoms with Crippen molar-refractivity contribution in [1.29, 1.82) is 0 Å². The zero-order valence-corrected chi connectivity index (χ0v) is 13.4. The van der Waals surface area contributed by atoms with E-state index in [1.807, 2.05) is 18.0 Å². The van der Waals surface area contributed by atoms with Crippen molar-refractivity contribution in [2.24, 2.45) is 0 Å². The van der Waals surface area contributed by atoms with Crippen LogP contribution in [0.2, 0.25) is 0 Å². The lowest BCUT2D eigenvalue weighted by Crippen LogP contribution is -2.23. The number of hydrogen-bond acceptors (Lipinski definition) is 4. The van der Waals surface area contributed by atoms with Gasteiger partial charge in [0.05, 0.1) is 16.0 Å². The molecule has 0 bridgehead atoms. The maximum atomic E-state index is 4.35. The third-order valence-electron chi connectivity index (χ3n) is 1.95. The van der Waals surface area contributed by atoms with E-state index in [-0.39, 0.29) is 0 Å². The number of thioether (sulfide) groups is 1. The molecular formula is C11H19BrN2S2. The Morgan fingerprint density at radius 1 is 1.56 bits per heavy atom. The van der Waals surface area contributed by atoms with Gasteiger partial charge in [-0.25, -0.2) is 4.98 Å². The zero-order chi connectivity index (χ0) is 12.2. The van der Waals surface area contributed by atoms with Crippen LogP contribution in [0.4, 0.5) is 0 Å². The molecule has 1 N–H and O–H groups in total. The summed E-state index contributed by atoms with van der Waals surface area (Å²) in [5.41, 5.74) is 0. The molecule has 0 radical (unpaired) electrons. The molecule has 1 atom stereocenters. The fourth-order valence-corrected chi connectivity index (χ4v) is 3.29. The molecular weight excluding hydrogens is 304 g/mol. The second-order valence-corrected chi connectivity index (χ2v) is 9.00. The second kappa shape index (κ2) is 6.38. The van der Waals surface area contributed by atoms with E-state index in [9.17, 15) is 0 Å². The number of hydrogen-bond donors (Lipinski definition) is 1. The van der Waals surface area contributed by atoms with Crippen molar-refractivity contribution in [2.45, 2.75) is 38.5 Å². The van der Waals surface area contributed by atoms with Crippen molar-refractivity contribution in [3.05, 3.63) is 15.0 Å². The van der Waals surface area contributed by atoms with Crippen LogP contribution >= 0.6 is 39.0 Å². The van der Waals surface area contributed by atoms with Gasteiger partial charge in [0.1, 0.15) is 5.01 Å². The Labute approximate surface area is 115 Å². The molecule has 0 amide bonds. The van der Waals surface area contributed by atoms with E-state index in [0.29, 0.717) is 10.8 Å². The fraction of sp³-hybridized carbons (Fsp3) is 0.727. The number of aromatic nitrogens is 1. The molecule has 16 heavy (non-hydrogen) atoms. The Morgan fingerprint density at radius 3 is 2.75 bits per heavy atom. The maximum absolute atomic E-state index is 4.35. The molecule has 1 aromatic heterocycles. The molecule has 1 unspecified atom stereocenters. The monoisotopic (exact) mass is 322 g/mol. The summed E-state index contributed by atoms with van der Waals surface area (Å²) in [6.07, 6.45) is 1.86. The lowest BCUT2D eigenvalue weighted by atomic mass is 10.3. The van der Waals surface area contributed by atoms with Crippen molar-refractivity contribution >= 4 is 39.0 Å². The average molecular weight is 323 g/mol. The summed E-state index contributed by atoms with van der Waals surface area (Å²) in [6, 6.07) is 0.344. The fourth-order valence-electron chi connectivity index (χ4n) is 1.19. The van der Waals surface area contributed by atoms with Gasteiger partial charge in [-0.05, 0) is 22.9 Å². The molecule has 0 saturated carbocycles. The highest BCUT2D eigenvalue weighted by Crippen LogP contribution is 2.25. The molecule has 92 valence electrons. The molecule has 0 fully saturated rings. The lowest BCUT2D eigenvalue weighted by molar-refractivity contribution is 0.597. The Bertz CT molecular complexity index is 320. The van der Waals surface area contributed by atoms with Crippen LogP contribution in [0, 0.1) is 0 Å². The number of thiazole rings is 1. The first-order valence-corrected chi connectivity index (χ1v) is 7.96. The van der Waals surface area contributed by atoms with Crippen LogP contribution < -0.4 is 5.32 Å². The third kappa shape index (κ3) is 5.66. The summed E-state index contributed by atoms with van der Waals surface area (Å²) in [7, 11) is 0. The SMILES string of the molecule is CC(NCCSC(C)(C)C)c1ncc(Br)s1. The molecule has 1 rings (SSSR count). The highest BCUT2D eigenvalue weighted by molar-refractivity contribution is 9.11. The smallest absolute Gasteiger partial charge is 0.110 e. The molecule has 2 nitrogen and oxygen atoms in total. The van der Waals surface area contributed by atoms with Crippen LogP contribution in [-0.4, -0.2) is 22.0 Å². The van der Waals surface area contributed by atoms with Gasteiger partial charge in [-0.3, -0.25) is 0 Å². The van der Waals surface area contributed by atoms with Crippen molar-refractivity contribution in [3.63, 3.8) is 0 Å². The molecule has 5 heteroatoms. The van der Waals surface area contributed by atoms with Gasteiger partial charge in [0.25, 0.3) is 0 Å².